The van der Waals surface area contributed by atoms with Gasteiger partial charge in [0, 0.05) is 44.6 Å². The third kappa shape index (κ3) is 8.69. The SMILES string of the molecule is CC1(C)C(C=CC=C2N(CS(=O)(=O)[O-])c3ccc4cc(SOO[O-])cc(S(=O)(=O)[O-])c4c3C2(C)C)=[N+](CS(=O)(=O)[O-])c2ccc3cc(S(=O)(=O)[O-])cc(OS(=O)[O-])c3c21. The van der Waals surface area contributed by atoms with Crippen molar-refractivity contribution in [1.29, 1.82) is 0 Å². The first-order chi connectivity index (χ1) is 27.1. The van der Waals surface area contributed by atoms with E-state index >= 15 is 0 Å². The van der Waals surface area contributed by atoms with Crippen molar-refractivity contribution in [3.8, 4) is 5.75 Å². The summed E-state index contributed by atoms with van der Waals surface area (Å²) in [6.07, 6.45) is 3.99. The van der Waals surface area contributed by atoms with Crippen LogP contribution in [-0.2, 0) is 72.0 Å². The van der Waals surface area contributed by atoms with Crippen LogP contribution in [0, 0.1) is 0 Å². The fourth-order valence-corrected chi connectivity index (χ4v) is 10.9. The van der Waals surface area contributed by atoms with Gasteiger partial charge >= 0.3 is 0 Å². The van der Waals surface area contributed by atoms with Gasteiger partial charge in [-0.2, -0.15) is 8.91 Å². The molecule has 2 aliphatic rings. The van der Waals surface area contributed by atoms with Crippen LogP contribution in [0.1, 0.15) is 38.8 Å². The van der Waals surface area contributed by atoms with Crippen LogP contribution in [0.3, 0.4) is 0 Å². The van der Waals surface area contributed by atoms with Crippen LogP contribution in [0.2, 0.25) is 0 Å². The maximum absolute atomic E-state index is 12.7. The molecule has 59 heavy (non-hydrogen) atoms. The average molecular weight is 932 g/mol. The first-order valence-corrected chi connectivity index (χ1v) is 24.0. The second-order valence-corrected chi connectivity index (χ2v) is 21.0. The van der Waals surface area contributed by atoms with Gasteiger partial charge < -0.3 is 37.1 Å². The maximum atomic E-state index is 12.7. The van der Waals surface area contributed by atoms with Crippen LogP contribution in [0.25, 0.3) is 21.5 Å². The summed E-state index contributed by atoms with van der Waals surface area (Å²) in [5.41, 5.74) is -2.32. The molecule has 0 N–H and O–H groups in total. The van der Waals surface area contributed by atoms with E-state index in [4.69, 9.17) is 4.18 Å². The van der Waals surface area contributed by atoms with E-state index < -0.39 is 90.0 Å². The Morgan fingerprint density at radius 3 is 2.03 bits per heavy atom. The fraction of sp³-hybridized carbons (Fsp3) is 0.242. The molecule has 0 aliphatic carbocycles. The summed E-state index contributed by atoms with van der Waals surface area (Å²) >= 11 is -2.99. The first kappa shape index (κ1) is 44.7. The zero-order chi connectivity index (χ0) is 43.8. The molecule has 318 valence electrons. The lowest BCUT2D eigenvalue weighted by Gasteiger charge is -2.28. The molecule has 0 bridgehead atoms. The highest BCUT2D eigenvalue weighted by Gasteiger charge is 2.47. The Morgan fingerprint density at radius 1 is 0.814 bits per heavy atom. The van der Waals surface area contributed by atoms with Crippen LogP contribution >= 0.6 is 12.0 Å². The normalized spacial score (nSPS) is 18.0. The molecule has 0 fully saturated rings. The van der Waals surface area contributed by atoms with Crippen LogP contribution in [0.4, 0.5) is 11.4 Å². The Balaban J connectivity index is 1.58. The van der Waals surface area contributed by atoms with Crippen LogP contribution in [0.5, 0.6) is 5.75 Å². The van der Waals surface area contributed by atoms with Crippen LogP contribution < -0.4 is 14.3 Å². The molecule has 26 heteroatoms. The van der Waals surface area contributed by atoms with Crippen molar-refractivity contribution in [3.05, 3.63) is 83.6 Å². The summed E-state index contributed by atoms with van der Waals surface area (Å²) in [7, 11) is -20.6. The smallest absolute Gasteiger partial charge is 0.237 e. The van der Waals surface area contributed by atoms with Crippen molar-refractivity contribution in [2.45, 2.75) is 53.2 Å². The number of hydrogen-bond acceptors (Lipinski definition) is 20. The Labute approximate surface area is 343 Å². The number of fused-ring (bicyclic) bond motifs is 6. The highest BCUT2D eigenvalue weighted by atomic mass is 32.2. The summed E-state index contributed by atoms with van der Waals surface area (Å²) < 4.78 is 181. The van der Waals surface area contributed by atoms with E-state index in [1.165, 1.54) is 48.6 Å². The predicted octanol–water partition coefficient (Wildman–Crippen LogP) is 1.82. The molecule has 0 aromatic heterocycles. The van der Waals surface area contributed by atoms with E-state index in [0.717, 1.165) is 21.6 Å². The molecule has 0 amide bonds. The summed E-state index contributed by atoms with van der Waals surface area (Å²) in [6.45, 7) is 6.19. The lowest BCUT2D eigenvalue weighted by atomic mass is 9.78. The summed E-state index contributed by atoms with van der Waals surface area (Å²) in [5.74, 6) is -2.96. The molecule has 6 rings (SSSR count). The lowest BCUT2D eigenvalue weighted by molar-refractivity contribution is -0.777. The van der Waals surface area contributed by atoms with Gasteiger partial charge in [0.05, 0.1) is 32.8 Å². The average Bonchev–Trinajstić information content (AvgIpc) is 3.42. The number of rotatable bonds is 13. The minimum Gasteiger partial charge on any atom is -0.747 e. The molecule has 0 saturated carbocycles. The largest absolute Gasteiger partial charge is 0.747 e. The second-order valence-electron chi connectivity index (χ2n) is 14.1. The standard InChI is InChI=1S/C33H32N2O18S6/c1-32(2)26(34(16-56(39,40)41)22-11-9-19-13-21(58(45,46)47)15-24(51-55(37)38)28(19)30(22)32)6-5-7-27-33(3,4)31-23(35(27)17-57(42,43)44)10-8-18-12-20(54-53-52-36)14-25(29(18)31)59(48,49)50/h5-15H,16-17H2,1-4H3,(H5-,36,37,38,39,40,41,42,43,44,45,46,47,48,49,50)/p-5. The minimum atomic E-state index is -5.28. The number of allylic oxidation sites excluding steroid dienone is 4. The number of nitrogens with zero attached hydrogens (tertiary/aromatic N) is 2. The molecule has 1 atom stereocenters. The lowest BCUT2D eigenvalue weighted by Crippen LogP contribution is -2.31. The van der Waals surface area contributed by atoms with E-state index in [2.05, 4.69) is 9.37 Å². The Morgan fingerprint density at radius 2 is 1.46 bits per heavy atom. The first-order valence-electron chi connectivity index (χ1n) is 16.3. The van der Waals surface area contributed by atoms with Gasteiger partial charge in [0.1, 0.15) is 53.3 Å². The number of anilines is 1. The molecule has 20 nitrogen and oxygen atoms in total. The zero-order valence-corrected chi connectivity index (χ0v) is 35.4. The van der Waals surface area contributed by atoms with Gasteiger partial charge in [-0.3, -0.25) is 5.04 Å². The van der Waals surface area contributed by atoms with Crippen LogP contribution in [0.15, 0.2) is 87.1 Å². The van der Waals surface area contributed by atoms with Crippen molar-refractivity contribution in [1.82, 2.24) is 0 Å². The molecule has 2 heterocycles. The fourth-order valence-electron chi connectivity index (χ4n) is 7.69. The van der Waals surface area contributed by atoms with Crippen molar-refractivity contribution < 1.29 is 84.0 Å². The monoisotopic (exact) mass is 931 g/mol. The summed E-state index contributed by atoms with van der Waals surface area (Å²) in [4.78, 5) is -0.552. The van der Waals surface area contributed by atoms with E-state index in [1.807, 2.05) is 0 Å². The molecule has 0 spiro atoms. The van der Waals surface area contributed by atoms with Crippen molar-refractivity contribution in [2.75, 3.05) is 16.7 Å². The third-order valence-corrected chi connectivity index (χ3v) is 13.4. The number of hydrogen-bond donors (Lipinski definition) is 0. The number of benzene rings is 4. The van der Waals surface area contributed by atoms with Gasteiger partial charge in [-0.15, -0.1) is 0 Å². The van der Waals surface area contributed by atoms with Gasteiger partial charge in [-0.05, 0) is 72.7 Å². The van der Waals surface area contributed by atoms with Crippen molar-refractivity contribution >= 4 is 103 Å². The van der Waals surface area contributed by atoms with Crippen molar-refractivity contribution in [2.24, 2.45) is 0 Å². The topological polar surface area (TPSA) is 326 Å². The summed E-state index contributed by atoms with van der Waals surface area (Å²) in [6, 6.07) is 9.23. The van der Waals surface area contributed by atoms with Gasteiger partial charge in [0.25, 0.3) is 0 Å². The molecule has 2 aliphatic heterocycles. The Bertz CT molecular complexity index is 3050. The van der Waals surface area contributed by atoms with E-state index in [-0.39, 0.29) is 60.4 Å². The maximum Gasteiger partial charge on any atom is 0.237 e. The molecule has 4 aromatic carbocycles. The molecule has 0 radical (unpaired) electrons. The van der Waals surface area contributed by atoms with E-state index in [0.29, 0.717) is 18.1 Å². The van der Waals surface area contributed by atoms with Gasteiger partial charge in [0.2, 0.25) is 11.6 Å². The van der Waals surface area contributed by atoms with E-state index in [1.54, 1.807) is 27.7 Å². The zero-order valence-electron chi connectivity index (χ0n) is 30.5. The molecular weight excluding hydrogens is 905 g/mol. The molecule has 4 aromatic rings. The molecule has 1 unspecified atom stereocenters. The van der Waals surface area contributed by atoms with Crippen LogP contribution in [-0.4, -0.2) is 82.7 Å². The highest BCUT2D eigenvalue weighted by Crippen LogP contribution is 2.53. The van der Waals surface area contributed by atoms with Gasteiger partial charge in [-0.25, -0.2) is 37.9 Å². The predicted molar refractivity (Wildman–Crippen MR) is 201 cm³/mol. The summed E-state index contributed by atoms with van der Waals surface area (Å²) in [5, 5.41) is 13.7. The third-order valence-electron chi connectivity index (χ3n) is 9.72. The minimum absolute atomic E-state index is 0.00456. The molecular formula is C33H27N2O18S6-5. The quantitative estimate of drug-likeness (QED) is 0.0461. The molecule has 0 saturated heterocycles. The van der Waals surface area contributed by atoms with Gasteiger partial charge in [0.15, 0.2) is 15.8 Å². The Hall–Kier alpha value is -3.87. The van der Waals surface area contributed by atoms with Gasteiger partial charge in [-0.1, -0.05) is 26.0 Å². The second kappa shape index (κ2) is 15.2. The highest BCUT2D eigenvalue weighted by molar-refractivity contribution is 7.94. The van der Waals surface area contributed by atoms with E-state index in [9.17, 15) is 65.9 Å². The van der Waals surface area contributed by atoms with Crippen molar-refractivity contribution in [3.63, 3.8) is 0 Å². The Kier molecular flexibility index (Phi) is 11.5.